The van der Waals surface area contributed by atoms with E-state index in [0.29, 0.717) is 10.6 Å². The Morgan fingerprint density at radius 2 is 1.91 bits per heavy atom. The summed E-state index contributed by atoms with van der Waals surface area (Å²) in [6, 6.07) is 14.7. The molecule has 0 aliphatic rings. The van der Waals surface area contributed by atoms with Crippen LogP contribution in [-0.2, 0) is 6.54 Å². The zero-order chi connectivity index (χ0) is 16.4. The maximum Gasteiger partial charge on any atom is 0.251 e. The van der Waals surface area contributed by atoms with Gasteiger partial charge in [0.15, 0.2) is 0 Å². The Morgan fingerprint density at radius 1 is 1.22 bits per heavy atom. The fraction of sp³-hybridized carbons (Fsp3) is 0.222. The Balaban J connectivity index is 1.87. The van der Waals surface area contributed by atoms with Gasteiger partial charge >= 0.3 is 0 Å². The second-order valence-corrected chi connectivity index (χ2v) is 5.84. The Kier molecular flexibility index (Phi) is 4.35. The highest BCUT2D eigenvalue weighted by Crippen LogP contribution is 2.21. The number of rotatable bonds is 4. The highest BCUT2D eigenvalue weighted by Gasteiger charge is 2.18. The normalized spacial score (nSPS) is 12.3. The van der Waals surface area contributed by atoms with Crippen LogP contribution in [0, 0.1) is 0 Å². The van der Waals surface area contributed by atoms with E-state index in [1.54, 1.807) is 24.3 Å². The number of carbonyl (C=O) groups is 1. The van der Waals surface area contributed by atoms with Crippen LogP contribution in [0.5, 0.6) is 0 Å². The summed E-state index contributed by atoms with van der Waals surface area (Å²) in [5.74, 6) is 0.722. The number of para-hydroxylation sites is 2. The molecule has 1 atom stereocenters. The van der Waals surface area contributed by atoms with Gasteiger partial charge in [0.2, 0.25) is 0 Å². The minimum absolute atomic E-state index is 0.135. The minimum atomic E-state index is -0.189. The molecule has 0 fully saturated rings. The summed E-state index contributed by atoms with van der Waals surface area (Å²) >= 11 is 5.86. The average Bonchev–Trinajstić information content (AvgIpc) is 2.94. The second-order valence-electron chi connectivity index (χ2n) is 5.41. The number of aryl methyl sites for hydroxylation is 1. The quantitative estimate of drug-likeness (QED) is 0.780. The SMILES string of the molecule is CCn1c([C@@H](C)NC(=O)c2ccc(Cl)cc2)nc2ccccc21. The summed E-state index contributed by atoms with van der Waals surface area (Å²) in [4.78, 5) is 17.0. The van der Waals surface area contributed by atoms with Crippen molar-refractivity contribution in [2.45, 2.75) is 26.4 Å². The Labute approximate surface area is 140 Å². The second kappa shape index (κ2) is 6.42. The lowest BCUT2D eigenvalue weighted by Gasteiger charge is -2.15. The van der Waals surface area contributed by atoms with Crippen LogP contribution in [0.4, 0.5) is 0 Å². The summed E-state index contributed by atoms with van der Waals surface area (Å²) < 4.78 is 2.13. The zero-order valence-electron chi connectivity index (χ0n) is 13.1. The number of halogens is 1. The number of fused-ring (bicyclic) bond motifs is 1. The molecule has 0 spiro atoms. The molecule has 1 N–H and O–H groups in total. The molecule has 1 heterocycles. The van der Waals surface area contributed by atoms with Crippen LogP contribution in [0.1, 0.15) is 36.1 Å². The molecular formula is C18H18ClN3O. The monoisotopic (exact) mass is 327 g/mol. The molecule has 0 bridgehead atoms. The van der Waals surface area contributed by atoms with Gasteiger partial charge in [0.1, 0.15) is 5.82 Å². The van der Waals surface area contributed by atoms with E-state index in [4.69, 9.17) is 11.6 Å². The topological polar surface area (TPSA) is 46.9 Å². The van der Waals surface area contributed by atoms with Crippen molar-refractivity contribution in [3.8, 4) is 0 Å². The van der Waals surface area contributed by atoms with Crippen LogP contribution >= 0.6 is 11.6 Å². The fourth-order valence-electron chi connectivity index (χ4n) is 2.70. The highest BCUT2D eigenvalue weighted by atomic mass is 35.5. The van der Waals surface area contributed by atoms with E-state index in [2.05, 4.69) is 21.8 Å². The van der Waals surface area contributed by atoms with Crippen molar-refractivity contribution < 1.29 is 4.79 Å². The molecular weight excluding hydrogens is 310 g/mol. The predicted octanol–water partition coefficient (Wildman–Crippen LogP) is 4.20. The largest absolute Gasteiger partial charge is 0.342 e. The van der Waals surface area contributed by atoms with Gasteiger partial charge in [-0.05, 0) is 50.2 Å². The molecule has 4 nitrogen and oxygen atoms in total. The van der Waals surface area contributed by atoms with Crippen molar-refractivity contribution in [2.75, 3.05) is 0 Å². The van der Waals surface area contributed by atoms with Crippen LogP contribution in [0.2, 0.25) is 5.02 Å². The molecule has 0 unspecified atom stereocenters. The van der Waals surface area contributed by atoms with Crippen LogP contribution < -0.4 is 5.32 Å². The van der Waals surface area contributed by atoms with Crippen molar-refractivity contribution in [1.82, 2.24) is 14.9 Å². The Bertz CT molecular complexity index is 839. The Morgan fingerprint density at radius 3 is 2.61 bits per heavy atom. The number of amides is 1. The molecule has 1 aromatic heterocycles. The van der Waals surface area contributed by atoms with E-state index < -0.39 is 0 Å². The van der Waals surface area contributed by atoms with E-state index in [0.717, 1.165) is 23.4 Å². The van der Waals surface area contributed by atoms with Crippen molar-refractivity contribution >= 4 is 28.5 Å². The van der Waals surface area contributed by atoms with Crippen LogP contribution in [-0.4, -0.2) is 15.5 Å². The molecule has 118 valence electrons. The van der Waals surface area contributed by atoms with Gasteiger partial charge in [0.25, 0.3) is 5.91 Å². The van der Waals surface area contributed by atoms with E-state index in [1.165, 1.54) is 0 Å². The number of nitrogens with zero attached hydrogens (tertiary/aromatic N) is 2. The van der Waals surface area contributed by atoms with E-state index in [-0.39, 0.29) is 11.9 Å². The summed E-state index contributed by atoms with van der Waals surface area (Å²) in [7, 11) is 0. The van der Waals surface area contributed by atoms with Crippen LogP contribution in [0.15, 0.2) is 48.5 Å². The van der Waals surface area contributed by atoms with Crippen LogP contribution in [0.25, 0.3) is 11.0 Å². The number of hydrogen-bond acceptors (Lipinski definition) is 2. The first kappa shape index (κ1) is 15.6. The molecule has 1 amide bonds. The number of carbonyl (C=O) groups excluding carboxylic acids is 1. The summed E-state index contributed by atoms with van der Waals surface area (Å²) in [6.07, 6.45) is 0. The van der Waals surface area contributed by atoms with Gasteiger partial charge in [-0.25, -0.2) is 4.98 Å². The molecule has 3 rings (SSSR count). The van der Waals surface area contributed by atoms with Gasteiger partial charge in [-0.2, -0.15) is 0 Å². The van der Waals surface area contributed by atoms with Gasteiger partial charge in [-0.1, -0.05) is 23.7 Å². The van der Waals surface area contributed by atoms with Crippen molar-refractivity contribution in [2.24, 2.45) is 0 Å². The van der Waals surface area contributed by atoms with E-state index in [1.807, 2.05) is 31.2 Å². The lowest BCUT2D eigenvalue weighted by Crippen LogP contribution is -2.28. The van der Waals surface area contributed by atoms with Crippen molar-refractivity contribution in [1.29, 1.82) is 0 Å². The molecule has 3 aromatic rings. The van der Waals surface area contributed by atoms with Gasteiger partial charge < -0.3 is 9.88 Å². The molecule has 0 aliphatic heterocycles. The third-order valence-corrected chi connectivity index (χ3v) is 4.09. The number of aromatic nitrogens is 2. The maximum absolute atomic E-state index is 12.4. The zero-order valence-corrected chi connectivity index (χ0v) is 13.8. The molecule has 0 saturated carbocycles. The Hall–Kier alpha value is -2.33. The van der Waals surface area contributed by atoms with Crippen LogP contribution in [0.3, 0.4) is 0 Å². The maximum atomic E-state index is 12.4. The molecule has 5 heteroatoms. The van der Waals surface area contributed by atoms with Gasteiger partial charge in [0.05, 0.1) is 17.1 Å². The number of hydrogen-bond donors (Lipinski definition) is 1. The van der Waals surface area contributed by atoms with Crippen molar-refractivity contribution in [3.63, 3.8) is 0 Å². The smallest absolute Gasteiger partial charge is 0.251 e. The number of benzene rings is 2. The summed E-state index contributed by atoms with van der Waals surface area (Å²) in [5.41, 5.74) is 2.61. The number of imidazole rings is 1. The lowest BCUT2D eigenvalue weighted by atomic mass is 10.2. The summed E-state index contributed by atoms with van der Waals surface area (Å²) in [6.45, 7) is 4.82. The fourth-order valence-corrected chi connectivity index (χ4v) is 2.83. The summed E-state index contributed by atoms with van der Waals surface area (Å²) in [5, 5.41) is 3.62. The number of nitrogens with one attached hydrogen (secondary N) is 1. The molecule has 23 heavy (non-hydrogen) atoms. The first-order valence-electron chi connectivity index (χ1n) is 7.61. The standard InChI is InChI=1S/C18H18ClN3O/c1-3-22-16-7-5-4-6-15(16)21-17(22)12(2)20-18(23)13-8-10-14(19)11-9-13/h4-12H,3H2,1-2H3,(H,20,23)/t12-/m1/s1. The highest BCUT2D eigenvalue weighted by molar-refractivity contribution is 6.30. The van der Waals surface area contributed by atoms with Crippen molar-refractivity contribution in [3.05, 3.63) is 64.9 Å². The van der Waals surface area contributed by atoms with E-state index in [9.17, 15) is 4.79 Å². The molecule has 0 aliphatic carbocycles. The van der Waals surface area contributed by atoms with E-state index >= 15 is 0 Å². The minimum Gasteiger partial charge on any atom is -0.342 e. The van der Waals surface area contributed by atoms with Gasteiger partial charge in [-0.3, -0.25) is 4.79 Å². The molecule has 0 saturated heterocycles. The van der Waals surface area contributed by atoms with Gasteiger partial charge in [0, 0.05) is 17.1 Å². The third-order valence-electron chi connectivity index (χ3n) is 3.84. The lowest BCUT2D eigenvalue weighted by molar-refractivity contribution is 0.0937. The van der Waals surface area contributed by atoms with Gasteiger partial charge in [-0.15, -0.1) is 0 Å². The predicted molar refractivity (Wildman–Crippen MR) is 92.7 cm³/mol. The third kappa shape index (κ3) is 3.08. The first-order chi connectivity index (χ1) is 11.1. The molecule has 0 radical (unpaired) electrons. The first-order valence-corrected chi connectivity index (χ1v) is 7.99. The molecule has 2 aromatic carbocycles. The average molecular weight is 328 g/mol.